The minimum atomic E-state index is -0.327. The van der Waals surface area contributed by atoms with Crippen LogP contribution in [0.4, 0.5) is 0 Å². The average Bonchev–Trinajstić information content (AvgIpc) is 2.84. The maximum absolute atomic E-state index is 13.6. The van der Waals surface area contributed by atoms with Crippen LogP contribution in [-0.4, -0.2) is 48.1 Å². The topological polar surface area (TPSA) is 77.8 Å². The molecule has 0 saturated carbocycles. The summed E-state index contributed by atoms with van der Waals surface area (Å²) in [5.74, 6) is -0.112. The van der Waals surface area contributed by atoms with Gasteiger partial charge in [-0.2, -0.15) is 0 Å². The summed E-state index contributed by atoms with van der Waals surface area (Å²) in [5.41, 5.74) is 0.865. The zero-order valence-corrected chi connectivity index (χ0v) is 18.2. The molecule has 1 aliphatic rings. The minimum Gasteiger partial charge on any atom is -0.497 e. The lowest BCUT2D eigenvalue weighted by Crippen LogP contribution is -2.43. The SMILES string of the molecule is CCOC(=O)[C@H]1CCCN(C(=O)c2cn(-c3ccc(OC)cc3)c(=O)c3ccccc23)C1. The number of methoxy groups -OCH3 is 1. The second kappa shape index (κ2) is 9.26. The molecule has 1 aromatic heterocycles. The van der Waals surface area contributed by atoms with Crippen LogP contribution in [0.25, 0.3) is 16.5 Å². The third-order valence-corrected chi connectivity index (χ3v) is 5.83. The summed E-state index contributed by atoms with van der Waals surface area (Å²) >= 11 is 0. The van der Waals surface area contributed by atoms with Gasteiger partial charge in [-0.05, 0) is 50.1 Å². The Labute approximate surface area is 186 Å². The number of hydrogen-bond donors (Lipinski definition) is 0. The van der Waals surface area contributed by atoms with Crippen molar-refractivity contribution in [3.8, 4) is 11.4 Å². The molecule has 0 bridgehead atoms. The Morgan fingerprint density at radius 1 is 1.06 bits per heavy atom. The highest BCUT2D eigenvalue weighted by atomic mass is 16.5. The summed E-state index contributed by atoms with van der Waals surface area (Å²) in [6.45, 7) is 2.97. The van der Waals surface area contributed by atoms with E-state index in [4.69, 9.17) is 9.47 Å². The molecule has 1 fully saturated rings. The molecule has 0 spiro atoms. The van der Waals surface area contributed by atoms with Gasteiger partial charge in [0, 0.05) is 35.7 Å². The number of fused-ring (bicyclic) bond motifs is 1. The predicted molar refractivity (Wildman–Crippen MR) is 121 cm³/mol. The van der Waals surface area contributed by atoms with Crippen LogP contribution in [-0.2, 0) is 9.53 Å². The first-order chi connectivity index (χ1) is 15.5. The Hall–Kier alpha value is -3.61. The molecule has 0 unspecified atom stereocenters. The van der Waals surface area contributed by atoms with Crippen molar-refractivity contribution in [2.75, 3.05) is 26.8 Å². The van der Waals surface area contributed by atoms with Crippen molar-refractivity contribution in [1.29, 1.82) is 0 Å². The van der Waals surface area contributed by atoms with Crippen molar-refractivity contribution in [2.24, 2.45) is 5.92 Å². The second-order valence-corrected chi connectivity index (χ2v) is 7.80. The van der Waals surface area contributed by atoms with E-state index in [0.29, 0.717) is 53.9 Å². The first-order valence-electron chi connectivity index (χ1n) is 10.8. The number of carbonyl (C=O) groups excluding carboxylic acids is 2. The van der Waals surface area contributed by atoms with Gasteiger partial charge in [-0.1, -0.05) is 18.2 Å². The van der Waals surface area contributed by atoms with E-state index in [-0.39, 0.29) is 23.4 Å². The monoisotopic (exact) mass is 434 g/mol. The molecule has 0 radical (unpaired) electrons. The van der Waals surface area contributed by atoms with Gasteiger partial charge in [0.1, 0.15) is 5.75 Å². The van der Waals surface area contributed by atoms with E-state index in [0.717, 1.165) is 6.42 Å². The van der Waals surface area contributed by atoms with Crippen molar-refractivity contribution in [3.63, 3.8) is 0 Å². The fraction of sp³-hybridized carbons (Fsp3) is 0.320. The molecule has 7 nitrogen and oxygen atoms in total. The minimum absolute atomic E-state index is 0.197. The Morgan fingerprint density at radius 3 is 2.47 bits per heavy atom. The molecular weight excluding hydrogens is 408 g/mol. The molecule has 2 heterocycles. The predicted octanol–water partition coefficient (Wildman–Crippen LogP) is 3.41. The Balaban J connectivity index is 1.76. The van der Waals surface area contributed by atoms with Crippen LogP contribution in [0.3, 0.4) is 0 Å². The summed E-state index contributed by atoms with van der Waals surface area (Å²) in [4.78, 5) is 40.7. The number of esters is 1. The fourth-order valence-corrected chi connectivity index (χ4v) is 4.18. The van der Waals surface area contributed by atoms with E-state index in [1.54, 1.807) is 67.6 Å². The lowest BCUT2D eigenvalue weighted by Gasteiger charge is -2.32. The summed E-state index contributed by atoms with van der Waals surface area (Å²) in [7, 11) is 1.58. The van der Waals surface area contributed by atoms with Crippen LogP contribution < -0.4 is 10.3 Å². The van der Waals surface area contributed by atoms with Crippen LogP contribution in [0.1, 0.15) is 30.1 Å². The summed E-state index contributed by atoms with van der Waals surface area (Å²) < 4.78 is 11.9. The molecule has 1 atom stereocenters. The van der Waals surface area contributed by atoms with E-state index in [1.807, 2.05) is 6.07 Å². The third-order valence-electron chi connectivity index (χ3n) is 5.83. The lowest BCUT2D eigenvalue weighted by molar-refractivity contribution is -0.149. The van der Waals surface area contributed by atoms with Crippen molar-refractivity contribution >= 4 is 22.6 Å². The molecule has 0 N–H and O–H groups in total. The average molecular weight is 434 g/mol. The first-order valence-corrected chi connectivity index (χ1v) is 10.8. The zero-order valence-electron chi connectivity index (χ0n) is 18.2. The number of ether oxygens (including phenoxy) is 2. The van der Waals surface area contributed by atoms with Crippen molar-refractivity contribution in [1.82, 2.24) is 9.47 Å². The van der Waals surface area contributed by atoms with Gasteiger partial charge in [-0.15, -0.1) is 0 Å². The van der Waals surface area contributed by atoms with Crippen molar-refractivity contribution in [3.05, 3.63) is 70.6 Å². The van der Waals surface area contributed by atoms with Crippen molar-refractivity contribution in [2.45, 2.75) is 19.8 Å². The molecule has 166 valence electrons. The quantitative estimate of drug-likeness (QED) is 0.575. The fourth-order valence-electron chi connectivity index (χ4n) is 4.18. The number of piperidine rings is 1. The molecule has 1 amide bonds. The second-order valence-electron chi connectivity index (χ2n) is 7.80. The van der Waals surface area contributed by atoms with Gasteiger partial charge in [0.15, 0.2) is 0 Å². The standard InChI is InChI=1S/C25H26N2O5/c1-3-32-25(30)17-7-6-14-26(15-17)23(28)22-16-27(18-10-12-19(31-2)13-11-18)24(29)21-9-5-4-8-20(21)22/h4-5,8-13,16-17H,3,6-7,14-15H2,1-2H3/t17-/m0/s1. The number of rotatable bonds is 5. The van der Waals surface area contributed by atoms with Gasteiger partial charge in [-0.3, -0.25) is 19.0 Å². The zero-order chi connectivity index (χ0) is 22.7. The number of carbonyl (C=O) groups is 2. The maximum Gasteiger partial charge on any atom is 0.310 e. The Kier molecular flexibility index (Phi) is 6.25. The molecule has 2 aromatic carbocycles. The van der Waals surface area contributed by atoms with Crippen LogP contribution in [0, 0.1) is 5.92 Å². The highest BCUT2D eigenvalue weighted by molar-refractivity contribution is 6.06. The van der Waals surface area contributed by atoms with E-state index in [9.17, 15) is 14.4 Å². The maximum atomic E-state index is 13.6. The number of amides is 1. The number of aromatic nitrogens is 1. The number of nitrogens with zero attached hydrogens (tertiary/aromatic N) is 2. The van der Waals surface area contributed by atoms with Crippen LogP contribution in [0.15, 0.2) is 59.5 Å². The number of pyridine rings is 1. The highest BCUT2D eigenvalue weighted by Gasteiger charge is 2.31. The van der Waals surface area contributed by atoms with Gasteiger partial charge in [-0.25, -0.2) is 0 Å². The number of benzene rings is 2. The van der Waals surface area contributed by atoms with E-state index in [1.165, 1.54) is 4.57 Å². The molecule has 0 aliphatic carbocycles. The molecule has 7 heteroatoms. The van der Waals surface area contributed by atoms with Crippen LogP contribution in [0.5, 0.6) is 5.75 Å². The summed E-state index contributed by atoms with van der Waals surface area (Å²) in [5, 5.41) is 1.07. The molecule has 1 saturated heterocycles. The van der Waals surface area contributed by atoms with Gasteiger partial charge in [0.05, 0.1) is 25.2 Å². The molecule has 3 aromatic rings. The lowest BCUT2D eigenvalue weighted by atomic mass is 9.97. The van der Waals surface area contributed by atoms with Gasteiger partial charge in [0.2, 0.25) is 0 Å². The normalized spacial score (nSPS) is 16.1. The van der Waals surface area contributed by atoms with E-state index in [2.05, 4.69) is 0 Å². The van der Waals surface area contributed by atoms with Crippen molar-refractivity contribution < 1.29 is 19.1 Å². The van der Waals surface area contributed by atoms with Gasteiger partial charge < -0.3 is 14.4 Å². The van der Waals surface area contributed by atoms with Gasteiger partial charge >= 0.3 is 5.97 Å². The van der Waals surface area contributed by atoms with E-state index < -0.39 is 0 Å². The summed E-state index contributed by atoms with van der Waals surface area (Å²) in [6, 6.07) is 14.2. The first kappa shape index (κ1) is 21.6. The number of hydrogen-bond acceptors (Lipinski definition) is 5. The van der Waals surface area contributed by atoms with E-state index >= 15 is 0 Å². The Bertz CT molecular complexity index is 1200. The highest BCUT2D eigenvalue weighted by Crippen LogP contribution is 2.24. The van der Waals surface area contributed by atoms with Gasteiger partial charge in [0.25, 0.3) is 11.5 Å². The van der Waals surface area contributed by atoms with Crippen LogP contribution in [0.2, 0.25) is 0 Å². The molecule has 1 aliphatic heterocycles. The molecular formula is C25H26N2O5. The molecule has 4 rings (SSSR count). The molecule has 32 heavy (non-hydrogen) atoms. The summed E-state index contributed by atoms with van der Waals surface area (Å²) in [6.07, 6.45) is 3.03. The number of likely N-dealkylation sites (tertiary alicyclic amines) is 1. The smallest absolute Gasteiger partial charge is 0.310 e. The van der Waals surface area contributed by atoms with Crippen LogP contribution >= 0.6 is 0 Å². The third kappa shape index (κ3) is 4.10. The Morgan fingerprint density at radius 2 is 1.78 bits per heavy atom. The largest absolute Gasteiger partial charge is 0.497 e.